The molecule has 1 rings (SSSR count). The SMILES string of the molecule is COc1cc(OC)cc(C(N)C(C)(C)S(C)(=O)=O)c1. The van der Waals surface area contributed by atoms with Crippen LogP contribution in [0, 0.1) is 0 Å². The number of hydrogen-bond acceptors (Lipinski definition) is 5. The molecule has 0 spiro atoms. The third-order valence-electron chi connectivity index (χ3n) is 3.44. The lowest BCUT2D eigenvalue weighted by Crippen LogP contribution is -2.42. The molecule has 0 saturated carbocycles. The van der Waals surface area contributed by atoms with Crippen LogP contribution in [0.25, 0.3) is 0 Å². The standard InChI is InChI=1S/C13H21NO4S/c1-13(2,19(5,15)16)12(14)9-6-10(17-3)8-11(7-9)18-4/h6-8,12H,14H2,1-5H3. The predicted octanol–water partition coefficient (Wildman–Crippen LogP) is 1.53. The molecule has 2 N–H and O–H groups in total. The van der Waals surface area contributed by atoms with Gasteiger partial charge >= 0.3 is 0 Å². The topological polar surface area (TPSA) is 78.6 Å². The summed E-state index contributed by atoms with van der Waals surface area (Å²) in [6.45, 7) is 3.22. The van der Waals surface area contributed by atoms with E-state index in [2.05, 4.69) is 0 Å². The number of methoxy groups -OCH3 is 2. The minimum Gasteiger partial charge on any atom is -0.497 e. The average molecular weight is 287 g/mol. The number of ether oxygens (including phenoxy) is 2. The second-order valence-electron chi connectivity index (χ2n) is 5.00. The van der Waals surface area contributed by atoms with E-state index < -0.39 is 20.6 Å². The fourth-order valence-corrected chi connectivity index (χ4v) is 2.24. The first-order valence-corrected chi connectivity index (χ1v) is 7.70. The number of nitrogens with two attached hydrogens (primary N) is 1. The highest BCUT2D eigenvalue weighted by atomic mass is 32.2. The van der Waals surface area contributed by atoms with Crippen LogP contribution in [0.3, 0.4) is 0 Å². The Bertz CT molecular complexity index is 530. The molecule has 1 aromatic rings. The molecule has 0 radical (unpaired) electrons. The molecule has 0 aliphatic heterocycles. The minimum absolute atomic E-state index is 0.578. The van der Waals surface area contributed by atoms with Crippen molar-refractivity contribution in [3.05, 3.63) is 23.8 Å². The Labute approximate surface area is 114 Å². The number of rotatable bonds is 5. The average Bonchev–Trinajstić information content (AvgIpc) is 2.35. The van der Waals surface area contributed by atoms with E-state index >= 15 is 0 Å². The molecule has 19 heavy (non-hydrogen) atoms. The zero-order chi connectivity index (χ0) is 14.8. The summed E-state index contributed by atoms with van der Waals surface area (Å²) in [5.74, 6) is 1.16. The first kappa shape index (κ1) is 15.8. The monoisotopic (exact) mass is 287 g/mol. The van der Waals surface area contributed by atoms with Crippen molar-refractivity contribution in [2.75, 3.05) is 20.5 Å². The molecular weight excluding hydrogens is 266 g/mol. The summed E-state index contributed by atoms with van der Waals surface area (Å²) in [7, 11) is -0.228. The van der Waals surface area contributed by atoms with Crippen LogP contribution in [0.4, 0.5) is 0 Å². The van der Waals surface area contributed by atoms with Gasteiger partial charge in [-0.2, -0.15) is 0 Å². The summed E-state index contributed by atoms with van der Waals surface area (Å²) in [4.78, 5) is 0. The van der Waals surface area contributed by atoms with Crippen molar-refractivity contribution in [2.24, 2.45) is 5.73 Å². The van der Waals surface area contributed by atoms with Gasteiger partial charge in [-0.1, -0.05) is 0 Å². The summed E-state index contributed by atoms with van der Waals surface area (Å²) < 4.78 is 32.9. The van der Waals surface area contributed by atoms with Crippen molar-refractivity contribution in [1.29, 1.82) is 0 Å². The van der Waals surface area contributed by atoms with Crippen LogP contribution in [-0.2, 0) is 9.84 Å². The van der Waals surface area contributed by atoms with Gasteiger partial charge in [0.2, 0.25) is 0 Å². The zero-order valence-corrected chi connectivity index (χ0v) is 12.7. The highest BCUT2D eigenvalue weighted by Crippen LogP contribution is 2.34. The zero-order valence-electron chi connectivity index (χ0n) is 11.9. The number of sulfone groups is 1. The lowest BCUT2D eigenvalue weighted by Gasteiger charge is -2.30. The second kappa shape index (κ2) is 5.38. The van der Waals surface area contributed by atoms with Gasteiger partial charge in [-0.3, -0.25) is 0 Å². The fraction of sp³-hybridized carbons (Fsp3) is 0.538. The fourth-order valence-electron chi connectivity index (χ4n) is 1.64. The van der Waals surface area contributed by atoms with E-state index in [1.807, 2.05) is 0 Å². The molecule has 0 aliphatic rings. The second-order valence-corrected chi connectivity index (χ2v) is 7.60. The lowest BCUT2D eigenvalue weighted by molar-refractivity contribution is 0.391. The summed E-state index contributed by atoms with van der Waals surface area (Å²) >= 11 is 0. The Kier molecular flexibility index (Phi) is 4.47. The highest BCUT2D eigenvalue weighted by Gasteiger charge is 2.38. The van der Waals surface area contributed by atoms with Gasteiger partial charge in [-0.15, -0.1) is 0 Å². The van der Waals surface area contributed by atoms with Gasteiger partial charge in [0.1, 0.15) is 11.5 Å². The van der Waals surface area contributed by atoms with Gasteiger partial charge in [0, 0.05) is 18.4 Å². The molecule has 6 heteroatoms. The minimum atomic E-state index is -3.30. The summed E-state index contributed by atoms with van der Waals surface area (Å²) in [5.41, 5.74) is 6.77. The van der Waals surface area contributed by atoms with Crippen molar-refractivity contribution >= 4 is 9.84 Å². The largest absolute Gasteiger partial charge is 0.497 e. The van der Waals surface area contributed by atoms with Gasteiger partial charge in [0.15, 0.2) is 9.84 Å². The van der Waals surface area contributed by atoms with Gasteiger partial charge in [0.05, 0.1) is 19.0 Å². The lowest BCUT2D eigenvalue weighted by atomic mass is 9.95. The molecule has 0 fully saturated rings. The van der Waals surface area contributed by atoms with Gasteiger partial charge < -0.3 is 15.2 Å². The third kappa shape index (κ3) is 3.19. The molecule has 5 nitrogen and oxygen atoms in total. The molecular formula is C13H21NO4S. The maximum atomic E-state index is 11.8. The summed E-state index contributed by atoms with van der Waals surface area (Å²) in [6, 6.07) is 4.48. The third-order valence-corrected chi connectivity index (χ3v) is 5.60. The maximum Gasteiger partial charge on any atom is 0.154 e. The van der Waals surface area contributed by atoms with Gasteiger partial charge in [-0.05, 0) is 31.5 Å². The normalized spacial score (nSPS) is 14.0. The molecule has 108 valence electrons. The molecule has 0 aliphatic carbocycles. The van der Waals surface area contributed by atoms with Crippen molar-refractivity contribution < 1.29 is 17.9 Å². The van der Waals surface area contributed by atoms with Crippen LogP contribution >= 0.6 is 0 Å². The van der Waals surface area contributed by atoms with Crippen LogP contribution in [-0.4, -0.2) is 33.6 Å². The smallest absolute Gasteiger partial charge is 0.154 e. The van der Waals surface area contributed by atoms with E-state index in [0.717, 1.165) is 0 Å². The first-order valence-electron chi connectivity index (χ1n) is 5.81. The van der Waals surface area contributed by atoms with Crippen molar-refractivity contribution in [3.63, 3.8) is 0 Å². The Balaban J connectivity index is 3.30. The Morgan fingerprint density at radius 2 is 1.53 bits per heavy atom. The van der Waals surface area contributed by atoms with Crippen LogP contribution in [0.5, 0.6) is 11.5 Å². The van der Waals surface area contributed by atoms with E-state index in [-0.39, 0.29) is 0 Å². The van der Waals surface area contributed by atoms with Crippen LogP contribution in [0.1, 0.15) is 25.5 Å². The Hall–Kier alpha value is -1.27. The molecule has 1 aromatic carbocycles. The molecule has 0 saturated heterocycles. The van der Waals surface area contributed by atoms with E-state index in [1.165, 1.54) is 20.5 Å². The van der Waals surface area contributed by atoms with Crippen molar-refractivity contribution in [1.82, 2.24) is 0 Å². The van der Waals surface area contributed by atoms with E-state index in [9.17, 15) is 8.42 Å². The quantitative estimate of drug-likeness (QED) is 0.888. The van der Waals surface area contributed by atoms with E-state index in [0.29, 0.717) is 17.1 Å². The van der Waals surface area contributed by atoms with Crippen LogP contribution in [0.2, 0.25) is 0 Å². The summed E-state index contributed by atoms with van der Waals surface area (Å²) in [5, 5.41) is 0. The molecule has 1 unspecified atom stereocenters. The first-order chi connectivity index (χ1) is 8.63. The molecule has 1 atom stereocenters. The Morgan fingerprint density at radius 1 is 1.11 bits per heavy atom. The van der Waals surface area contributed by atoms with E-state index in [1.54, 1.807) is 32.0 Å². The van der Waals surface area contributed by atoms with Crippen molar-refractivity contribution in [2.45, 2.75) is 24.6 Å². The van der Waals surface area contributed by atoms with Crippen molar-refractivity contribution in [3.8, 4) is 11.5 Å². The Morgan fingerprint density at radius 3 is 1.84 bits per heavy atom. The molecule has 0 heterocycles. The van der Waals surface area contributed by atoms with Crippen LogP contribution < -0.4 is 15.2 Å². The van der Waals surface area contributed by atoms with Gasteiger partial charge in [0.25, 0.3) is 0 Å². The molecule has 0 amide bonds. The van der Waals surface area contributed by atoms with Crippen LogP contribution in [0.15, 0.2) is 18.2 Å². The molecule has 0 aromatic heterocycles. The maximum absolute atomic E-state index is 11.8. The summed E-state index contributed by atoms with van der Waals surface area (Å²) in [6.07, 6.45) is 1.18. The highest BCUT2D eigenvalue weighted by molar-refractivity contribution is 7.92. The van der Waals surface area contributed by atoms with E-state index in [4.69, 9.17) is 15.2 Å². The number of hydrogen-bond donors (Lipinski definition) is 1. The molecule has 0 bridgehead atoms. The predicted molar refractivity (Wildman–Crippen MR) is 75.4 cm³/mol. The van der Waals surface area contributed by atoms with Gasteiger partial charge in [-0.25, -0.2) is 8.42 Å². The number of benzene rings is 1.